The van der Waals surface area contributed by atoms with Gasteiger partial charge >= 0.3 is 0 Å². The molecule has 0 unspecified atom stereocenters. The minimum absolute atomic E-state index is 0.0279. The number of nitrogens with zero attached hydrogens (tertiary/aromatic N) is 4. The molecule has 0 bridgehead atoms. The molecule has 1 aliphatic heterocycles. The van der Waals surface area contributed by atoms with Gasteiger partial charge in [-0.3, -0.25) is 14.6 Å². The quantitative estimate of drug-likeness (QED) is 0.585. The van der Waals surface area contributed by atoms with Crippen molar-refractivity contribution in [2.24, 2.45) is 0 Å². The number of aromatic nitrogens is 2. The normalized spacial score (nSPS) is 15.4. The molecule has 4 rings (SSSR count). The van der Waals surface area contributed by atoms with Crippen LogP contribution in [0.25, 0.3) is 10.8 Å². The Morgan fingerprint density at radius 1 is 1.13 bits per heavy atom. The summed E-state index contributed by atoms with van der Waals surface area (Å²) in [6.07, 6.45) is 0. The van der Waals surface area contributed by atoms with E-state index in [0.717, 1.165) is 47.9 Å². The third kappa shape index (κ3) is 4.86. The lowest BCUT2D eigenvalue weighted by molar-refractivity contribution is -0.117. The number of carbonyl (C=O) groups excluding carboxylic acids is 1. The fourth-order valence-electron chi connectivity index (χ4n) is 3.57. The fourth-order valence-corrected chi connectivity index (χ4v) is 4.39. The van der Waals surface area contributed by atoms with Crippen LogP contribution in [-0.4, -0.2) is 58.2 Å². The maximum Gasteiger partial charge on any atom is 0.288 e. The molecule has 3 heterocycles. The van der Waals surface area contributed by atoms with Crippen LogP contribution in [0.1, 0.15) is 11.1 Å². The van der Waals surface area contributed by atoms with Gasteiger partial charge in [-0.1, -0.05) is 24.3 Å². The van der Waals surface area contributed by atoms with E-state index in [9.17, 15) is 4.79 Å². The first-order valence-electron chi connectivity index (χ1n) is 9.92. The van der Waals surface area contributed by atoms with Crippen LogP contribution in [0.5, 0.6) is 0 Å². The molecule has 1 amide bonds. The highest BCUT2D eigenvalue weighted by atomic mass is 32.1. The van der Waals surface area contributed by atoms with Crippen molar-refractivity contribution in [2.75, 3.05) is 38.0 Å². The van der Waals surface area contributed by atoms with E-state index in [0.29, 0.717) is 23.9 Å². The summed E-state index contributed by atoms with van der Waals surface area (Å²) in [7, 11) is 0. The highest BCUT2D eigenvalue weighted by Gasteiger charge is 2.21. The molecule has 1 N–H and O–H groups in total. The lowest BCUT2D eigenvalue weighted by Gasteiger charge is -2.33. The van der Waals surface area contributed by atoms with E-state index in [1.165, 1.54) is 0 Å². The van der Waals surface area contributed by atoms with E-state index in [1.54, 1.807) is 16.0 Å². The number of rotatable bonds is 6. The first-order valence-corrected chi connectivity index (χ1v) is 11.2. The van der Waals surface area contributed by atoms with Gasteiger partial charge in [-0.15, -0.1) is 16.4 Å². The molecule has 30 heavy (non-hydrogen) atoms. The van der Waals surface area contributed by atoms with Gasteiger partial charge in [0.1, 0.15) is 0 Å². The standard InChI is InChI=1S/C21H25N5O2S2/c1-15-5-3-6-16(2)19(15)22-18(27)13-24-8-10-25(11-9-24)14-26-21(29)28-20(23-26)17-7-4-12-30-17/h3-7,12H,8-11,13-14H2,1-2H3,(H,22,27). The molecule has 9 heteroatoms. The number of amides is 1. The number of benzene rings is 1. The second kappa shape index (κ2) is 9.22. The molecule has 1 aromatic carbocycles. The minimum Gasteiger partial charge on any atom is -0.408 e. The van der Waals surface area contributed by atoms with Crippen LogP contribution in [0.3, 0.4) is 0 Å². The number of nitrogens with one attached hydrogen (secondary N) is 1. The lowest BCUT2D eigenvalue weighted by atomic mass is 10.1. The summed E-state index contributed by atoms with van der Waals surface area (Å²) in [4.78, 5) is 18.3. The Morgan fingerprint density at radius 3 is 2.50 bits per heavy atom. The van der Waals surface area contributed by atoms with Gasteiger partial charge in [0.2, 0.25) is 5.91 Å². The van der Waals surface area contributed by atoms with Gasteiger partial charge in [0, 0.05) is 31.9 Å². The minimum atomic E-state index is 0.0279. The number of hydrogen-bond acceptors (Lipinski definition) is 7. The second-order valence-corrected chi connectivity index (χ2v) is 8.80. The predicted molar refractivity (Wildman–Crippen MR) is 121 cm³/mol. The summed E-state index contributed by atoms with van der Waals surface area (Å²) in [5.74, 6) is 0.594. The van der Waals surface area contributed by atoms with Gasteiger partial charge in [-0.2, -0.15) is 0 Å². The third-order valence-corrected chi connectivity index (χ3v) is 6.40. The van der Waals surface area contributed by atoms with Crippen LogP contribution in [-0.2, 0) is 11.5 Å². The van der Waals surface area contributed by atoms with E-state index < -0.39 is 0 Å². The van der Waals surface area contributed by atoms with E-state index in [1.807, 2.05) is 49.6 Å². The Hall–Kier alpha value is -2.33. The average molecular weight is 444 g/mol. The summed E-state index contributed by atoms with van der Waals surface area (Å²) >= 11 is 6.91. The van der Waals surface area contributed by atoms with Crippen molar-refractivity contribution in [3.63, 3.8) is 0 Å². The van der Waals surface area contributed by atoms with Gasteiger partial charge in [0.05, 0.1) is 18.1 Å². The number of carbonyl (C=O) groups is 1. The molecule has 1 saturated heterocycles. The Bertz CT molecular complexity index is 1050. The van der Waals surface area contributed by atoms with Crippen LogP contribution in [0.4, 0.5) is 5.69 Å². The number of para-hydroxylation sites is 1. The third-order valence-electron chi connectivity index (χ3n) is 5.25. The van der Waals surface area contributed by atoms with Crippen LogP contribution in [0.2, 0.25) is 0 Å². The van der Waals surface area contributed by atoms with E-state index in [-0.39, 0.29) is 5.91 Å². The molecule has 0 spiro atoms. The molecule has 7 nitrogen and oxygen atoms in total. The van der Waals surface area contributed by atoms with Gasteiger partial charge in [-0.25, -0.2) is 4.68 Å². The SMILES string of the molecule is Cc1cccc(C)c1NC(=O)CN1CCN(Cn2nc(-c3cccs3)oc2=S)CC1. The highest BCUT2D eigenvalue weighted by Crippen LogP contribution is 2.23. The Kier molecular flexibility index (Phi) is 6.43. The van der Waals surface area contributed by atoms with Gasteiger partial charge in [-0.05, 0) is 48.6 Å². The van der Waals surface area contributed by atoms with E-state index in [4.69, 9.17) is 16.6 Å². The van der Waals surface area contributed by atoms with Gasteiger partial charge in [0.15, 0.2) is 0 Å². The molecule has 2 aromatic heterocycles. The molecular weight excluding hydrogens is 418 g/mol. The Balaban J connectivity index is 1.28. The summed E-state index contributed by atoms with van der Waals surface area (Å²) in [5, 5.41) is 9.57. The maximum absolute atomic E-state index is 12.5. The Morgan fingerprint density at radius 2 is 1.83 bits per heavy atom. The lowest BCUT2D eigenvalue weighted by Crippen LogP contribution is -2.49. The topological polar surface area (TPSA) is 66.5 Å². The van der Waals surface area contributed by atoms with Crippen molar-refractivity contribution in [1.82, 2.24) is 19.6 Å². The molecular formula is C21H25N5O2S2. The molecule has 0 aliphatic carbocycles. The molecule has 0 radical (unpaired) electrons. The summed E-state index contributed by atoms with van der Waals surface area (Å²) in [5.41, 5.74) is 3.09. The maximum atomic E-state index is 12.5. The van der Waals surface area contributed by atoms with Crippen molar-refractivity contribution in [3.8, 4) is 10.8 Å². The predicted octanol–water partition coefficient (Wildman–Crippen LogP) is 3.76. The van der Waals surface area contributed by atoms with Crippen molar-refractivity contribution in [1.29, 1.82) is 0 Å². The smallest absolute Gasteiger partial charge is 0.288 e. The van der Waals surface area contributed by atoms with Crippen LogP contribution in [0, 0.1) is 18.7 Å². The zero-order valence-corrected chi connectivity index (χ0v) is 18.8. The van der Waals surface area contributed by atoms with Gasteiger partial charge < -0.3 is 9.73 Å². The number of hydrogen-bond donors (Lipinski definition) is 1. The van der Waals surface area contributed by atoms with Crippen molar-refractivity contribution in [3.05, 3.63) is 51.7 Å². The summed E-state index contributed by atoms with van der Waals surface area (Å²) < 4.78 is 7.37. The number of aryl methyl sites for hydroxylation is 2. The van der Waals surface area contributed by atoms with Gasteiger partial charge in [0.25, 0.3) is 10.7 Å². The zero-order chi connectivity index (χ0) is 21.1. The summed E-state index contributed by atoms with van der Waals surface area (Å²) in [6, 6.07) is 9.97. The molecule has 1 aliphatic rings. The van der Waals surface area contributed by atoms with Crippen LogP contribution >= 0.6 is 23.6 Å². The molecule has 0 saturated carbocycles. The van der Waals surface area contributed by atoms with Crippen molar-refractivity contribution >= 4 is 35.1 Å². The first-order chi connectivity index (χ1) is 14.5. The first kappa shape index (κ1) is 20.9. The van der Waals surface area contributed by atoms with E-state index in [2.05, 4.69) is 20.2 Å². The number of anilines is 1. The van der Waals surface area contributed by atoms with Crippen molar-refractivity contribution < 1.29 is 9.21 Å². The largest absolute Gasteiger partial charge is 0.408 e. The monoisotopic (exact) mass is 443 g/mol. The van der Waals surface area contributed by atoms with Crippen LogP contribution < -0.4 is 5.32 Å². The number of piperazine rings is 1. The second-order valence-electron chi connectivity index (χ2n) is 7.50. The molecule has 158 valence electrons. The highest BCUT2D eigenvalue weighted by molar-refractivity contribution is 7.71. The van der Waals surface area contributed by atoms with Crippen LogP contribution in [0.15, 0.2) is 40.1 Å². The molecule has 1 fully saturated rings. The Labute approximate surface area is 184 Å². The zero-order valence-electron chi connectivity index (χ0n) is 17.1. The fraction of sp³-hybridized carbons (Fsp3) is 0.381. The van der Waals surface area contributed by atoms with E-state index >= 15 is 0 Å². The molecule has 0 atom stereocenters. The average Bonchev–Trinajstić information content (AvgIpc) is 3.37. The molecule has 3 aromatic rings. The summed E-state index contributed by atoms with van der Waals surface area (Å²) in [6.45, 7) is 8.36. The van der Waals surface area contributed by atoms with Crippen molar-refractivity contribution in [2.45, 2.75) is 20.5 Å². The number of thiophene rings is 1.